The summed E-state index contributed by atoms with van der Waals surface area (Å²) in [4.78, 5) is 2.16. The van der Waals surface area contributed by atoms with E-state index < -0.39 is 10.0 Å². The Kier molecular flexibility index (Phi) is 7.27. The predicted octanol–water partition coefficient (Wildman–Crippen LogP) is 0.344. The number of hydrogen-bond acceptors (Lipinski definition) is 5. The molecule has 0 heterocycles. The van der Waals surface area contributed by atoms with Crippen molar-refractivity contribution in [3.63, 3.8) is 0 Å². The van der Waals surface area contributed by atoms with Gasteiger partial charge in [0.1, 0.15) is 0 Å². The Morgan fingerprint density at radius 2 is 2.05 bits per heavy atom. The second kappa shape index (κ2) is 8.45. The molecule has 1 rings (SSSR count). The fraction of sp³-hybridized carbons (Fsp3) is 0.571. The number of aliphatic hydroxyl groups excluding tert-OH is 1. The molecule has 1 aromatic carbocycles. The zero-order chi connectivity index (χ0) is 15.9. The molecule has 0 aliphatic carbocycles. The summed E-state index contributed by atoms with van der Waals surface area (Å²) < 4.78 is 31.9. The number of nitrogens with one attached hydrogen (secondary N) is 1. The maximum Gasteiger partial charge on any atom is 0.240 e. The van der Waals surface area contributed by atoms with Gasteiger partial charge < -0.3 is 14.7 Å². The Hall–Kier alpha value is -0.990. The monoisotopic (exact) mass is 316 g/mol. The highest BCUT2D eigenvalue weighted by molar-refractivity contribution is 7.89. The minimum Gasteiger partial charge on any atom is -0.392 e. The predicted molar refractivity (Wildman–Crippen MR) is 81.7 cm³/mol. The molecule has 7 heteroatoms. The molecule has 0 spiro atoms. The van der Waals surface area contributed by atoms with Gasteiger partial charge in [0.2, 0.25) is 10.0 Å². The molecule has 120 valence electrons. The highest BCUT2D eigenvalue weighted by Crippen LogP contribution is 2.15. The van der Waals surface area contributed by atoms with Crippen LogP contribution in [0.4, 0.5) is 0 Å². The Morgan fingerprint density at radius 1 is 1.33 bits per heavy atom. The molecule has 0 unspecified atom stereocenters. The molecule has 21 heavy (non-hydrogen) atoms. The van der Waals surface area contributed by atoms with Gasteiger partial charge in [0.15, 0.2) is 0 Å². The van der Waals surface area contributed by atoms with Gasteiger partial charge in [-0.25, -0.2) is 13.1 Å². The molecule has 0 aliphatic rings. The second-order valence-corrected chi connectivity index (χ2v) is 6.71. The van der Waals surface area contributed by atoms with Gasteiger partial charge in [-0.2, -0.15) is 0 Å². The number of aliphatic hydroxyl groups is 1. The van der Waals surface area contributed by atoms with E-state index in [0.717, 1.165) is 12.1 Å². The number of benzene rings is 1. The fourth-order valence-corrected chi connectivity index (χ4v) is 2.87. The largest absolute Gasteiger partial charge is 0.392 e. The third kappa shape index (κ3) is 5.72. The van der Waals surface area contributed by atoms with Crippen LogP contribution >= 0.6 is 0 Å². The minimum atomic E-state index is -3.54. The van der Waals surface area contributed by atoms with Gasteiger partial charge in [-0.15, -0.1) is 0 Å². The molecular formula is C14H24N2O4S. The van der Waals surface area contributed by atoms with E-state index in [4.69, 9.17) is 4.74 Å². The number of nitrogens with zero attached hydrogens (tertiary/aromatic N) is 1. The van der Waals surface area contributed by atoms with Gasteiger partial charge in [-0.1, -0.05) is 6.07 Å². The van der Waals surface area contributed by atoms with Gasteiger partial charge in [0.05, 0.1) is 18.1 Å². The Labute approximate surface area is 126 Å². The number of ether oxygens (including phenoxy) is 1. The van der Waals surface area contributed by atoms with Crippen molar-refractivity contribution >= 4 is 10.0 Å². The smallest absolute Gasteiger partial charge is 0.240 e. The van der Waals surface area contributed by atoms with Crippen LogP contribution in [0.5, 0.6) is 0 Å². The normalized spacial score (nSPS) is 12.0. The molecule has 0 aromatic heterocycles. The summed E-state index contributed by atoms with van der Waals surface area (Å²) in [6.07, 6.45) is 0. The lowest BCUT2D eigenvalue weighted by Crippen LogP contribution is -2.34. The van der Waals surface area contributed by atoms with Crippen molar-refractivity contribution in [2.24, 2.45) is 0 Å². The summed E-state index contributed by atoms with van der Waals surface area (Å²) in [6.45, 7) is 3.94. The summed E-state index contributed by atoms with van der Waals surface area (Å²) in [5, 5.41) is 9.21. The molecule has 0 amide bonds. The van der Waals surface area contributed by atoms with Crippen LogP contribution in [-0.4, -0.2) is 58.8 Å². The third-order valence-electron chi connectivity index (χ3n) is 3.26. The molecular weight excluding hydrogens is 292 g/mol. The lowest BCUT2D eigenvalue weighted by Gasteiger charge is -2.16. The average molecular weight is 316 g/mol. The Bertz CT molecular complexity index is 546. The van der Waals surface area contributed by atoms with E-state index in [0.29, 0.717) is 25.3 Å². The lowest BCUT2D eigenvalue weighted by molar-refractivity contribution is 0.162. The molecule has 0 radical (unpaired) electrons. The van der Waals surface area contributed by atoms with Crippen molar-refractivity contribution in [3.8, 4) is 0 Å². The van der Waals surface area contributed by atoms with Crippen LogP contribution < -0.4 is 4.72 Å². The first-order valence-electron chi connectivity index (χ1n) is 6.78. The molecule has 0 saturated heterocycles. The molecule has 0 fully saturated rings. The number of sulfonamides is 1. The van der Waals surface area contributed by atoms with Crippen LogP contribution in [0.1, 0.15) is 11.1 Å². The number of rotatable bonds is 9. The summed E-state index contributed by atoms with van der Waals surface area (Å²) in [7, 11) is -0.00739. The van der Waals surface area contributed by atoms with Crippen molar-refractivity contribution < 1.29 is 18.3 Å². The zero-order valence-corrected chi connectivity index (χ0v) is 13.6. The van der Waals surface area contributed by atoms with E-state index in [1.54, 1.807) is 19.2 Å². The third-order valence-corrected chi connectivity index (χ3v) is 4.72. The van der Waals surface area contributed by atoms with Crippen LogP contribution in [0.3, 0.4) is 0 Å². The maximum absolute atomic E-state index is 12.2. The van der Waals surface area contributed by atoms with Gasteiger partial charge >= 0.3 is 0 Å². The van der Waals surface area contributed by atoms with Crippen molar-refractivity contribution in [1.29, 1.82) is 0 Å². The molecule has 0 saturated carbocycles. The molecule has 0 aliphatic heterocycles. The molecule has 0 atom stereocenters. The molecule has 6 nitrogen and oxygen atoms in total. The summed E-state index contributed by atoms with van der Waals surface area (Å²) in [6, 6.07) is 4.75. The minimum absolute atomic E-state index is 0.172. The zero-order valence-electron chi connectivity index (χ0n) is 12.8. The van der Waals surface area contributed by atoms with Gasteiger partial charge in [-0.3, -0.25) is 0 Å². The van der Waals surface area contributed by atoms with Crippen molar-refractivity contribution in [3.05, 3.63) is 29.3 Å². The highest BCUT2D eigenvalue weighted by Gasteiger charge is 2.15. The van der Waals surface area contributed by atoms with Crippen molar-refractivity contribution in [2.45, 2.75) is 18.4 Å². The molecule has 0 bridgehead atoms. The van der Waals surface area contributed by atoms with Gasteiger partial charge in [0, 0.05) is 26.7 Å². The summed E-state index contributed by atoms with van der Waals surface area (Å²) in [5.74, 6) is 0. The van der Waals surface area contributed by atoms with Crippen LogP contribution in [0.15, 0.2) is 23.1 Å². The van der Waals surface area contributed by atoms with E-state index in [2.05, 4.69) is 4.72 Å². The van der Waals surface area contributed by atoms with Crippen LogP contribution in [0.2, 0.25) is 0 Å². The van der Waals surface area contributed by atoms with E-state index in [-0.39, 0.29) is 11.5 Å². The number of aryl methyl sites for hydroxylation is 1. The van der Waals surface area contributed by atoms with Gasteiger partial charge in [-0.05, 0) is 37.2 Å². The first-order valence-corrected chi connectivity index (χ1v) is 8.26. The quantitative estimate of drug-likeness (QED) is 0.687. The topological polar surface area (TPSA) is 78.9 Å². The number of hydrogen-bond donors (Lipinski definition) is 2. The average Bonchev–Trinajstić information content (AvgIpc) is 2.45. The summed E-state index contributed by atoms with van der Waals surface area (Å²) >= 11 is 0. The van der Waals surface area contributed by atoms with E-state index in [9.17, 15) is 13.5 Å². The number of methoxy groups -OCH3 is 1. The van der Waals surface area contributed by atoms with E-state index in [1.165, 1.54) is 6.07 Å². The Morgan fingerprint density at radius 3 is 2.67 bits per heavy atom. The highest BCUT2D eigenvalue weighted by atomic mass is 32.2. The first kappa shape index (κ1) is 18.1. The number of likely N-dealkylation sites (N-methyl/N-ethyl adjacent to an activating group) is 1. The fourth-order valence-electron chi connectivity index (χ4n) is 1.80. The standard InChI is InChI=1S/C14H24N2O4S/c1-12-4-5-14(10-13(12)11-17)21(18,19)15-6-7-16(2)8-9-20-3/h4-5,10,15,17H,6-9,11H2,1-3H3. The van der Waals surface area contributed by atoms with E-state index >= 15 is 0 Å². The van der Waals surface area contributed by atoms with E-state index in [1.807, 2.05) is 18.9 Å². The summed E-state index contributed by atoms with van der Waals surface area (Å²) in [5.41, 5.74) is 1.49. The lowest BCUT2D eigenvalue weighted by atomic mass is 10.1. The van der Waals surface area contributed by atoms with Crippen LogP contribution in [-0.2, 0) is 21.4 Å². The van der Waals surface area contributed by atoms with Crippen molar-refractivity contribution in [2.75, 3.05) is 40.4 Å². The second-order valence-electron chi connectivity index (χ2n) is 4.94. The van der Waals surface area contributed by atoms with Gasteiger partial charge in [0.25, 0.3) is 0 Å². The Balaban J connectivity index is 2.61. The molecule has 2 N–H and O–H groups in total. The maximum atomic E-state index is 12.2. The van der Waals surface area contributed by atoms with Crippen LogP contribution in [0, 0.1) is 6.92 Å². The molecule has 1 aromatic rings. The first-order chi connectivity index (χ1) is 9.90. The SMILES string of the molecule is COCCN(C)CCNS(=O)(=O)c1ccc(C)c(CO)c1. The van der Waals surface area contributed by atoms with Crippen LogP contribution in [0.25, 0.3) is 0 Å². The van der Waals surface area contributed by atoms with Crippen molar-refractivity contribution in [1.82, 2.24) is 9.62 Å².